The maximum absolute atomic E-state index is 14.5. The van der Waals surface area contributed by atoms with Crippen LogP contribution in [0.3, 0.4) is 0 Å². The minimum Gasteiger partial charge on any atom is -0.475 e. The van der Waals surface area contributed by atoms with Gasteiger partial charge in [0.25, 0.3) is 15.9 Å². The van der Waals surface area contributed by atoms with E-state index in [2.05, 4.69) is 49.5 Å². The van der Waals surface area contributed by atoms with Crippen LogP contribution >= 0.6 is 0 Å². The molecule has 2 aromatic carbocycles. The number of carbonyl (C=O) groups is 1. The molecule has 45 heavy (non-hydrogen) atoms. The summed E-state index contributed by atoms with van der Waals surface area (Å²) in [5, 5.41) is 0. The van der Waals surface area contributed by atoms with Crippen LogP contribution in [0.5, 0.6) is 5.88 Å². The fourth-order valence-electron chi connectivity index (χ4n) is 6.84. The van der Waals surface area contributed by atoms with Gasteiger partial charge in [-0.1, -0.05) is 45.0 Å². The highest BCUT2D eigenvalue weighted by atomic mass is 32.2. The Bertz CT molecular complexity index is 1650. The van der Waals surface area contributed by atoms with Gasteiger partial charge in [-0.2, -0.15) is 4.98 Å². The van der Waals surface area contributed by atoms with Crippen LogP contribution in [0.15, 0.2) is 47.4 Å². The molecule has 0 saturated heterocycles. The Morgan fingerprint density at radius 1 is 0.978 bits per heavy atom. The number of rotatable bonds is 4. The first-order chi connectivity index (χ1) is 21.1. The number of hydrogen-bond donors (Lipinski definition) is 1. The molecular weight excluding hydrogens is 586 g/mol. The molecule has 1 amide bonds. The molecule has 1 aliphatic heterocycles. The number of sulfonamides is 1. The molecule has 4 bridgehead atoms. The average Bonchev–Trinajstić information content (AvgIpc) is 2.97. The normalized spacial score (nSPS) is 22.1. The summed E-state index contributed by atoms with van der Waals surface area (Å²) in [6, 6.07) is 12.5. The highest BCUT2D eigenvalue weighted by Gasteiger charge is 2.37. The van der Waals surface area contributed by atoms with Gasteiger partial charge in [-0.15, -0.1) is 0 Å². The van der Waals surface area contributed by atoms with Gasteiger partial charge >= 0.3 is 0 Å². The lowest BCUT2D eigenvalue weighted by molar-refractivity contribution is 0.0274. The number of aromatic nitrogens is 2. The Hall–Kier alpha value is -3.50. The van der Waals surface area contributed by atoms with Gasteiger partial charge in [0.2, 0.25) is 11.8 Å². The minimum absolute atomic E-state index is 0.000373. The molecular formula is C35H47N5O4S. The molecule has 10 heteroatoms. The Balaban J connectivity index is 1.68. The van der Waals surface area contributed by atoms with Gasteiger partial charge in [-0.3, -0.25) is 4.79 Å². The van der Waals surface area contributed by atoms with Gasteiger partial charge in [-0.05, 0) is 102 Å². The third-order valence-corrected chi connectivity index (χ3v) is 10.4. The highest BCUT2D eigenvalue weighted by Crippen LogP contribution is 2.36. The van der Waals surface area contributed by atoms with Crippen molar-refractivity contribution in [3.05, 3.63) is 64.7 Å². The first kappa shape index (κ1) is 32.9. The second-order valence-corrected chi connectivity index (χ2v) is 15.8. The van der Waals surface area contributed by atoms with Crippen molar-refractivity contribution in [3.63, 3.8) is 0 Å². The van der Waals surface area contributed by atoms with E-state index in [9.17, 15) is 13.2 Å². The summed E-state index contributed by atoms with van der Waals surface area (Å²) in [6.07, 6.45) is 4.39. The van der Waals surface area contributed by atoms with E-state index in [1.807, 2.05) is 43.9 Å². The second kappa shape index (κ2) is 12.7. The molecule has 5 rings (SSSR count). The van der Waals surface area contributed by atoms with Crippen LogP contribution < -0.4 is 9.46 Å². The number of aryl methyl sites for hydroxylation is 2. The van der Waals surface area contributed by atoms with E-state index < -0.39 is 10.0 Å². The van der Waals surface area contributed by atoms with Crippen molar-refractivity contribution in [2.24, 2.45) is 5.41 Å². The Kier molecular flexibility index (Phi) is 9.29. The molecule has 1 atom stereocenters. The number of nitrogens with zero attached hydrogens (tertiary/aromatic N) is 4. The highest BCUT2D eigenvalue weighted by molar-refractivity contribution is 7.92. The number of amides is 1. The Morgan fingerprint density at radius 3 is 2.24 bits per heavy atom. The number of ether oxygens (including phenoxy) is 1. The van der Waals surface area contributed by atoms with Crippen molar-refractivity contribution in [2.75, 3.05) is 25.4 Å². The molecule has 1 aliphatic carbocycles. The van der Waals surface area contributed by atoms with Crippen LogP contribution in [-0.2, 0) is 10.0 Å². The standard InChI is InChI=1S/C35H47N5O4S/c1-22-11-9-12-23(2)30(22)31-24(3)32-37-34(36-31)38-45(42,43)29-14-10-13-25(19-29)33(41)40(28(21-44-32)20-35(4,5)6)27-17-15-26(16-18-27)39(7)8/h9-14,19,26-28H,15-18,20-21H2,1-8H3,(H,36,37,38)/t26?,27?,28-/m1/s1. The summed E-state index contributed by atoms with van der Waals surface area (Å²) >= 11 is 0. The van der Waals surface area contributed by atoms with Crippen molar-refractivity contribution in [1.29, 1.82) is 0 Å². The molecule has 9 nitrogen and oxygen atoms in total. The molecule has 2 heterocycles. The van der Waals surface area contributed by atoms with E-state index in [0.717, 1.165) is 42.4 Å². The van der Waals surface area contributed by atoms with Gasteiger partial charge in [0.05, 0.1) is 16.6 Å². The van der Waals surface area contributed by atoms with Crippen LogP contribution in [-0.4, -0.2) is 72.9 Å². The van der Waals surface area contributed by atoms with Gasteiger partial charge in [-0.25, -0.2) is 18.1 Å². The molecule has 242 valence electrons. The topological polar surface area (TPSA) is 105 Å². The molecule has 0 spiro atoms. The van der Waals surface area contributed by atoms with Gasteiger partial charge in [0.1, 0.15) is 6.61 Å². The number of carbonyl (C=O) groups excluding carboxylic acids is 1. The van der Waals surface area contributed by atoms with Crippen molar-refractivity contribution in [2.45, 2.75) is 96.7 Å². The number of anilines is 1. The summed E-state index contributed by atoms with van der Waals surface area (Å²) in [5.74, 6) is 0.0487. The van der Waals surface area contributed by atoms with E-state index in [4.69, 9.17) is 9.72 Å². The lowest BCUT2D eigenvalue weighted by atomic mass is 9.84. The maximum Gasteiger partial charge on any atom is 0.264 e. The zero-order valence-corrected chi connectivity index (χ0v) is 28.7. The summed E-state index contributed by atoms with van der Waals surface area (Å²) < 4.78 is 36.6. The summed E-state index contributed by atoms with van der Waals surface area (Å²) in [4.78, 5) is 28.1. The van der Waals surface area contributed by atoms with Crippen molar-refractivity contribution < 1.29 is 17.9 Å². The van der Waals surface area contributed by atoms with E-state index in [1.54, 1.807) is 12.1 Å². The fraction of sp³-hybridized carbons (Fsp3) is 0.514. The number of hydrogen-bond acceptors (Lipinski definition) is 7. The number of fused-ring (bicyclic) bond motifs is 4. The van der Waals surface area contributed by atoms with Crippen LogP contribution in [0.2, 0.25) is 0 Å². The molecule has 1 aromatic heterocycles. The third-order valence-electron chi connectivity index (χ3n) is 9.11. The predicted molar refractivity (Wildman–Crippen MR) is 178 cm³/mol. The monoisotopic (exact) mass is 633 g/mol. The van der Waals surface area contributed by atoms with Crippen LogP contribution in [0.1, 0.15) is 79.9 Å². The van der Waals surface area contributed by atoms with Crippen molar-refractivity contribution >= 4 is 21.9 Å². The lowest BCUT2D eigenvalue weighted by Gasteiger charge is -2.44. The molecule has 0 unspecified atom stereocenters. The van der Waals surface area contributed by atoms with Gasteiger partial charge in [0, 0.05) is 28.8 Å². The Morgan fingerprint density at radius 2 is 1.62 bits per heavy atom. The fourth-order valence-corrected chi connectivity index (χ4v) is 7.83. The van der Waals surface area contributed by atoms with Crippen molar-refractivity contribution in [1.82, 2.24) is 19.8 Å². The molecule has 1 N–H and O–H groups in total. The third kappa shape index (κ3) is 7.17. The average molecular weight is 634 g/mol. The summed E-state index contributed by atoms with van der Waals surface area (Å²) in [5.41, 5.74) is 4.49. The van der Waals surface area contributed by atoms with Gasteiger partial charge in [0.15, 0.2) is 0 Å². The van der Waals surface area contributed by atoms with Crippen molar-refractivity contribution in [3.8, 4) is 17.1 Å². The first-order valence-electron chi connectivity index (χ1n) is 15.8. The van der Waals surface area contributed by atoms with E-state index in [-0.39, 0.29) is 40.9 Å². The lowest BCUT2D eigenvalue weighted by Crippen LogP contribution is -2.53. The molecule has 1 fully saturated rings. The van der Waals surface area contributed by atoms with E-state index >= 15 is 0 Å². The second-order valence-electron chi connectivity index (χ2n) is 14.1. The van der Waals surface area contributed by atoms with E-state index in [0.29, 0.717) is 35.2 Å². The zero-order valence-electron chi connectivity index (χ0n) is 27.8. The molecule has 0 radical (unpaired) electrons. The zero-order chi connectivity index (χ0) is 32.7. The molecule has 2 aliphatic rings. The van der Waals surface area contributed by atoms with Crippen LogP contribution in [0.4, 0.5) is 5.95 Å². The largest absolute Gasteiger partial charge is 0.475 e. The SMILES string of the molecule is Cc1cccc(C)c1-c1nc2nc(c1C)OC[C@@H](CC(C)(C)C)N(C1CCC(N(C)C)CC1)C(=O)c1cccc(c1)S(=O)(=O)N2. The molecule has 3 aromatic rings. The minimum atomic E-state index is -4.12. The van der Waals surface area contributed by atoms with Crippen LogP contribution in [0, 0.1) is 26.2 Å². The van der Waals surface area contributed by atoms with Crippen LogP contribution in [0.25, 0.3) is 11.3 Å². The maximum atomic E-state index is 14.5. The number of benzene rings is 2. The molecule has 1 saturated carbocycles. The summed E-state index contributed by atoms with van der Waals surface area (Å²) in [6.45, 7) is 12.6. The summed E-state index contributed by atoms with van der Waals surface area (Å²) in [7, 11) is 0.0930. The first-order valence-corrected chi connectivity index (χ1v) is 17.3. The smallest absolute Gasteiger partial charge is 0.264 e. The number of nitrogens with one attached hydrogen (secondary N) is 1. The quantitative estimate of drug-likeness (QED) is 0.355. The van der Waals surface area contributed by atoms with E-state index in [1.165, 1.54) is 12.1 Å². The van der Waals surface area contributed by atoms with Gasteiger partial charge < -0.3 is 14.5 Å². The Labute approximate surface area is 268 Å². The predicted octanol–water partition coefficient (Wildman–Crippen LogP) is 6.38.